The van der Waals surface area contributed by atoms with E-state index in [4.69, 9.17) is 5.11 Å². The number of carboxylic acid groups (broad SMARTS) is 3. The van der Waals surface area contributed by atoms with E-state index < -0.39 is 48.2 Å². The van der Waals surface area contributed by atoms with Gasteiger partial charge in [-0.2, -0.15) is 0 Å². The van der Waals surface area contributed by atoms with Gasteiger partial charge in [0.1, 0.15) is 12.6 Å². The summed E-state index contributed by atoms with van der Waals surface area (Å²) in [5, 5.41) is 29.5. The van der Waals surface area contributed by atoms with Gasteiger partial charge in [-0.3, -0.25) is 19.3 Å². The zero-order valence-corrected chi connectivity index (χ0v) is 15.6. The smallest absolute Gasteiger partial charge is 0.335 e. The van der Waals surface area contributed by atoms with Crippen LogP contribution in [0, 0.1) is 5.92 Å². The van der Waals surface area contributed by atoms with Crippen LogP contribution in [0.4, 0.5) is 5.69 Å². The summed E-state index contributed by atoms with van der Waals surface area (Å²) < 4.78 is 0. The first-order valence-corrected chi connectivity index (χ1v) is 8.42. The van der Waals surface area contributed by atoms with E-state index in [9.17, 15) is 34.2 Å². The predicted octanol–water partition coefficient (Wildman–Crippen LogP) is 1.05. The van der Waals surface area contributed by atoms with Crippen LogP contribution >= 0.6 is 0 Å². The molecule has 0 heterocycles. The van der Waals surface area contributed by atoms with Crippen molar-refractivity contribution in [3.8, 4) is 0 Å². The van der Waals surface area contributed by atoms with Gasteiger partial charge in [0.15, 0.2) is 0 Å². The second-order valence-electron chi connectivity index (χ2n) is 6.30. The van der Waals surface area contributed by atoms with Crippen LogP contribution in [0.25, 0.3) is 0 Å². The lowest BCUT2D eigenvalue weighted by molar-refractivity contribution is -0.138. The maximum absolute atomic E-state index is 12.6. The highest BCUT2D eigenvalue weighted by molar-refractivity contribution is 6.03. The van der Waals surface area contributed by atoms with E-state index in [0.717, 1.165) is 23.1 Å². The van der Waals surface area contributed by atoms with Gasteiger partial charge in [-0.05, 0) is 24.1 Å². The Balaban J connectivity index is 3.57. The summed E-state index contributed by atoms with van der Waals surface area (Å²) in [5.41, 5.74) is -0.803. The molecule has 2 amide bonds. The summed E-state index contributed by atoms with van der Waals surface area (Å²) in [4.78, 5) is 59.6. The maximum atomic E-state index is 12.6. The lowest BCUT2D eigenvalue weighted by Crippen LogP contribution is -2.53. The number of carboxylic acids is 3. The monoisotopic (exact) mass is 394 g/mol. The number of nitrogens with zero attached hydrogens (tertiary/aromatic N) is 1. The number of anilines is 1. The molecule has 0 fully saturated rings. The first kappa shape index (κ1) is 22.6. The molecule has 152 valence electrons. The van der Waals surface area contributed by atoms with E-state index in [1.807, 2.05) is 0 Å². The molecule has 0 radical (unpaired) electrons. The van der Waals surface area contributed by atoms with Gasteiger partial charge in [-0.15, -0.1) is 0 Å². The van der Waals surface area contributed by atoms with Gasteiger partial charge < -0.3 is 20.6 Å². The molecular formula is C18H22N2O8. The van der Waals surface area contributed by atoms with Crippen molar-refractivity contribution in [3.63, 3.8) is 0 Å². The zero-order valence-electron chi connectivity index (χ0n) is 15.6. The fourth-order valence-electron chi connectivity index (χ4n) is 2.61. The summed E-state index contributed by atoms with van der Waals surface area (Å²) in [6.45, 7) is 4.12. The van der Waals surface area contributed by atoms with Crippen molar-refractivity contribution in [1.82, 2.24) is 5.32 Å². The summed E-state index contributed by atoms with van der Waals surface area (Å²) in [6, 6.07) is 1.97. The lowest BCUT2D eigenvalue weighted by atomic mass is 9.98. The van der Waals surface area contributed by atoms with E-state index in [0.29, 0.717) is 0 Å². The van der Waals surface area contributed by atoms with Crippen molar-refractivity contribution >= 4 is 35.4 Å². The van der Waals surface area contributed by atoms with Gasteiger partial charge in [0.25, 0.3) is 0 Å². The van der Waals surface area contributed by atoms with Crippen molar-refractivity contribution in [3.05, 3.63) is 29.3 Å². The van der Waals surface area contributed by atoms with E-state index in [1.54, 1.807) is 13.8 Å². The lowest BCUT2D eigenvalue weighted by Gasteiger charge is -2.33. The number of aliphatic carboxylic acids is 1. The molecule has 1 aromatic rings. The van der Waals surface area contributed by atoms with E-state index in [2.05, 4.69) is 5.32 Å². The summed E-state index contributed by atoms with van der Waals surface area (Å²) in [6.07, 6.45) is -0.0465. The minimum absolute atomic E-state index is 0.0465. The molecule has 0 spiro atoms. The van der Waals surface area contributed by atoms with Crippen LogP contribution in [0.5, 0.6) is 0 Å². The number of amides is 2. The SMILES string of the molecule is CCC(=O)N(c1cc(C(=O)O)cc(C(=O)O)c1)C(C(=O)NCC(=O)O)C(C)C. The number of hydrogen-bond donors (Lipinski definition) is 4. The van der Waals surface area contributed by atoms with E-state index >= 15 is 0 Å². The van der Waals surface area contributed by atoms with Gasteiger partial charge in [0.2, 0.25) is 11.8 Å². The molecule has 4 N–H and O–H groups in total. The minimum atomic E-state index is -1.40. The number of benzene rings is 1. The Kier molecular flexibility index (Phi) is 7.66. The number of nitrogens with one attached hydrogen (secondary N) is 1. The van der Waals surface area contributed by atoms with Crippen LogP contribution in [0.2, 0.25) is 0 Å². The third-order valence-corrected chi connectivity index (χ3v) is 3.85. The van der Waals surface area contributed by atoms with Gasteiger partial charge in [0, 0.05) is 12.1 Å². The molecule has 0 aliphatic carbocycles. The third kappa shape index (κ3) is 5.53. The van der Waals surface area contributed by atoms with Crippen molar-refractivity contribution in [1.29, 1.82) is 0 Å². The van der Waals surface area contributed by atoms with Gasteiger partial charge in [0.05, 0.1) is 11.1 Å². The minimum Gasteiger partial charge on any atom is -0.480 e. The average molecular weight is 394 g/mol. The quantitative estimate of drug-likeness (QED) is 0.483. The largest absolute Gasteiger partial charge is 0.480 e. The van der Waals surface area contributed by atoms with Crippen LogP contribution in [0.15, 0.2) is 18.2 Å². The van der Waals surface area contributed by atoms with Crippen molar-refractivity contribution in [2.45, 2.75) is 33.2 Å². The molecule has 1 rings (SSSR count). The van der Waals surface area contributed by atoms with E-state index in [-0.39, 0.29) is 23.2 Å². The molecule has 0 aliphatic rings. The topological polar surface area (TPSA) is 161 Å². The molecule has 0 aliphatic heterocycles. The van der Waals surface area contributed by atoms with Crippen LogP contribution < -0.4 is 10.2 Å². The molecule has 0 saturated carbocycles. The maximum Gasteiger partial charge on any atom is 0.335 e. The average Bonchev–Trinajstić information content (AvgIpc) is 2.62. The second kappa shape index (κ2) is 9.49. The molecular weight excluding hydrogens is 372 g/mol. The standard InChI is InChI=1S/C18H22N2O8/c1-4-13(21)20(15(9(2)3)16(24)19-8-14(22)23)12-6-10(17(25)26)5-11(7-12)18(27)28/h5-7,9,15H,4,8H2,1-3H3,(H,19,24)(H,22,23)(H,25,26)(H,27,28). The molecule has 0 aromatic heterocycles. The molecule has 0 bridgehead atoms. The highest BCUT2D eigenvalue weighted by Gasteiger charge is 2.34. The number of aromatic carboxylic acids is 2. The Morgan fingerprint density at radius 1 is 0.964 bits per heavy atom. The molecule has 1 atom stereocenters. The van der Waals surface area contributed by atoms with Gasteiger partial charge >= 0.3 is 17.9 Å². The highest BCUT2D eigenvalue weighted by atomic mass is 16.4. The number of rotatable bonds is 9. The number of carbonyl (C=O) groups excluding carboxylic acids is 2. The predicted molar refractivity (Wildman–Crippen MR) is 97.4 cm³/mol. The fourth-order valence-corrected chi connectivity index (χ4v) is 2.61. The Morgan fingerprint density at radius 2 is 1.46 bits per heavy atom. The Labute approximate surface area is 160 Å². The van der Waals surface area contributed by atoms with E-state index in [1.165, 1.54) is 6.92 Å². The van der Waals surface area contributed by atoms with Gasteiger partial charge in [-0.1, -0.05) is 20.8 Å². The van der Waals surface area contributed by atoms with Crippen molar-refractivity contribution in [2.75, 3.05) is 11.4 Å². The van der Waals surface area contributed by atoms with Gasteiger partial charge in [-0.25, -0.2) is 9.59 Å². The normalized spacial score (nSPS) is 11.6. The van der Waals surface area contributed by atoms with Crippen LogP contribution in [-0.2, 0) is 14.4 Å². The Hall–Kier alpha value is -3.43. The second-order valence-corrected chi connectivity index (χ2v) is 6.30. The molecule has 1 unspecified atom stereocenters. The van der Waals surface area contributed by atoms with Crippen molar-refractivity contribution in [2.24, 2.45) is 5.92 Å². The Bertz CT molecular complexity index is 771. The van der Waals surface area contributed by atoms with Crippen LogP contribution in [0.3, 0.4) is 0 Å². The molecule has 10 nitrogen and oxygen atoms in total. The number of carbonyl (C=O) groups is 5. The highest BCUT2D eigenvalue weighted by Crippen LogP contribution is 2.26. The third-order valence-electron chi connectivity index (χ3n) is 3.85. The van der Waals surface area contributed by atoms with Crippen molar-refractivity contribution < 1.29 is 39.3 Å². The Morgan fingerprint density at radius 3 is 1.82 bits per heavy atom. The molecule has 0 saturated heterocycles. The first-order valence-electron chi connectivity index (χ1n) is 8.42. The molecule has 1 aromatic carbocycles. The molecule has 10 heteroatoms. The fraction of sp³-hybridized carbons (Fsp3) is 0.389. The first-order chi connectivity index (χ1) is 13.0. The van der Waals surface area contributed by atoms with Crippen LogP contribution in [-0.4, -0.2) is 57.6 Å². The zero-order chi connectivity index (χ0) is 21.6. The number of hydrogen-bond acceptors (Lipinski definition) is 5. The van der Waals surface area contributed by atoms with Crippen LogP contribution in [0.1, 0.15) is 47.9 Å². The summed E-state index contributed by atoms with van der Waals surface area (Å²) >= 11 is 0. The summed E-state index contributed by atoms with van der Waals surface area (Å²) in [7, 11) is 0. The summed E-state index contributed by atoms with van der Waals surface area (Å²) in [5.74, 6) is -5.86. The molecule has 28 heavy (non-hydrogen) atoms.